The Labute approximate surface area is 163 Å². The lowest BCUT2D eigenvalue weighted by molar-refractivity contribution is -0.145. The van der Waals surface area contributed by atoms with Crippen LogP contribution in [0.25, 0.3) is 10.9 Å². The molecule has 0 saturated carbocycles. The molecule has 3 aromatic rings. The number of hydrogen-bond donors (Lipinski definition) is 1. The summed E-state index contributed by atoms with van der Waals surface area (Å²) in [5.41, 5.74) is 2.38. The number of nitrogens with zero attached hydrogens (tertiary/aromatic N) is 1. The van der Waals surface area contributed by atoms with Gasteiger partial charge < -0.3 is 19.4 Å². The number of carbonyl (C=O) groups excluding carboxylic acids is 2. The lowest BCUT2D eigenvalue weighted by atomic mass is 10.2. The first kappa shape index (κ1) is 18.1. The molecule has 1 fully saturated rings. The molecule has 2 aromatic carbocycles. The van der Waals surface area contributed by atoms with Crippen LogP contribution in [0, 0.1) is 0 Å². The fourth-order valence-corrected chi connectivity index (χ4v) is 3.60. The summed E-state index contributed by atoms with van der Waals surface area (Å²) < 4.78 is 10.7. The maximum absolute atomic E-state index is 12.9. The molecule has 28 heavy (non-hydrogen) atoms. The van der Waals surface area contributed by atoms with Gasteiger partial charge in [0.15, 0.2) is 0 Å². The van der Waals surface area contributed by atoms with E-state index >= 15 is 0 Å². The summed E-state index contributed by atoms with van der Waals surface area (Å²) in [6.45, 7) is 1.03. The van der Waals surface area contributed by atoms with Crippen molar-refractivity contribution in [1.82, 2.24) is 9.88 Å². The zero-order valence-electron chi connectivity index (χ0n) is 15.7. The van der Waals surface area contributed by atoms with Crippen LogP contribution in [0.1, 0.15) is 28.9 Å². The minimum Gasteiger partial charge on any atom is -0.489 e. The first-order valence-electron chi connectivity index (χ1n) is 9.34. The normalized spacial score (nSPS) is 16.3. The summed E-state index contributed by atoms with van der Waals surface area (Å²) >= 11 is 0. The number of aromatic nitrogens is 1. The fourth-order valence-electron chi connectivity index (χ4n) is 3.60. The zero-order valence-corrected chi connectivity index (χ0v) is 15.7. The summed E-state index contributed by atoms with van der Waals surface area (Å²) in [5, 5.41) is 0.921. The van der Waals surface area contributed by atoms with E-state index in [1.165, 1.54) is 7.11 Å². The molecule has 1 aromatic heterocycles. The van der Waals surface area contributed by atoms with E-state index in [-0.39, 0.29) is 11.9 Å². The first-order chi connectivity index (χ1) is 13.7. The van der Waals surface area contributed by atoms with Gasteiger partial charge in [0.1, 0.15) is 24.1 Å². The molecule has 1 amide bonds. The second-order valence-corrected chi connectivity index (χ2v) is 6.89. The van der Waals surface area contributed by atoms with E-state index < -0.39 is 6.04 Å². The highest BCUT2D eigenvalue weighted by atomic mass is 16.5. The molecule has 4 rings (SSSR count). The zero-order chi connectivity index (χ0) is 19.5. The Kier molecular flexibility index (Phi) is 5.02. The van der Waals surface area contributed by atoms with Crippen molar-refractivity contribution in [2.75, 3.05) is 13.7 Å². The molecule has 1 atom stereocenters. The van der Waals surface area contributed by atoms with E-state index in [9.17, 15) is 9.59 Å². The van der Waals surface area contributed by atoms with Crippen molar-refractivity contribution in [3.8, 4) is 5.75 Å². The molecule has 0 bridgehead atoms. The Balaban J connectivity index is 1.51. The highest BCUT2D eigenvalue weighted by Gasteiger charge is 2.35. The Morgan fingerprint density at radius 3 is 2.75 bits per heavy atom. The Morgan fingerprint density at radius 2 is 1.96 bits per heavy atom. The van der Waals surface area contributed by atoms with Gasteiger partial charge in [0.05, 0.1) is 7.11 Å². The van der Waals surface area contributed by atoms with Gasteiger partial charge >= 0.3 is 5.97 Å². The number of likely N-dealkylation sites (tertiary alicyclic amines) is 1. The van der Waals surface area contributed by atoms with Crippen molar-refractivity contribution in [2.24, 2.45) is 0 Å². The Bertz CT molecular complexity index is 996. The van der Waals surface area contributed by atoms with Gasteiger partial charge in [-0.25, -0.2) is 4.79 Å². The molecule has 0 radical (unpaired) electrons. The highest BCUT2D eigenvalue weighted by molar-refractivity contribution is 6.00. The number of ether oxygens (including phenoxy) is 2. The van der Waals surface area contributed by atoms with E-state index in [1.807, 2.05) is 54.6 Å². The van der Waals surface area contributed by atoms with Crippen LogP contribution >= 0.6 is 0 Å². The molecule has 2 heterocycles. The number of rotatable bonds is 5. The van der Waals surface area contributed by atoms with E-state index in [4.69, 9.17) is 9.47 Å². The van der Waals surface area contributed by atoms with E-state index in [0.717, 1.165) is 28.6 Å². The van der Waals surface area contributed by atoms with Crippen molar-refractivity contribution in [2.45, 2.75) is 25.5 Å². The van der Waals surface area contributed by atoms with Crippen LogP contribution < -0.4 is 4.74 Å². The largest absolute Gasteiger partial charge is 0.489 e. The molecule has 144 valence electrons. The number of benzene rings is 2. The average Bonchev–Trinajstić information content (AvgIpc) is 3.38. The van der Waals surface area contributed by atoms with Crippen LogP contribution in [-0.2, 0) is 16.1 Å². The van der Waals surface area contributed by atoms with Crippen molar-refractivity contribution < 1.29 is 19.1 Å². The summed E-state index contributed by atoms with van der Waals surface area (Å²) in [7, 11) is 1.35. The van der Waals surface area contributed by atoms with E-state index in [0.29, 0.717) is 25.3 Å². The van der Waals surface area contributed by atoms with Crippen molar-refractivity contribution >= 4 is 22.8 Å². The Hall–Kier alpha value is -3.28. The number of H-pyrrole nitrogens is 1. The SMILES string of the molecule is COC(=O)C1CCCN1C(=O)c1cc2ccc(OCc3ccccc3)cc2[nH]1. The van der Waals surface area contributed by atoms with Gasteiger partial charge in [-0.3, -0.25) is 4.79 Å². The summed E-state index contributed by atoms with van der Waals surface area (Å²) in [6.07, 6.45) is 1.43. The maximum atomic E-state index is 12.9. The van der Waals surface area contributed by atoms with Crippen LogP contribution in [0.5, 0.6) is 5.75 Å². The molecule has 0 spiro atoms. The van der Waals surface area contributed by atoms with Gasteiger partial charge in [-0.15, -0.1) is 0 Å². The summed E-state index contributed by atoms with van der Waals surface area (Å²) in [4.78, 5) is 29.6. The van der Waals surface area contributed by atoms with Gasteiger partial charge in [-0.05, 0) is 36.6 Å². The molecule has 0 aliphatic carbocycles. The van der Waals surface area contributed by atoms with Gasteiger partial charge in [-0.1, -0.05) is 30.3 Å². The Morgan fingerprint density at radius 1 is 1.14 bits per heavy atom. The predicted molar refractivity (Wildman–Crippen MR) is 105 cm³/mol. The van der Waals surface area contributed by atoms with Gasteiger partial charge in [0.25, 0.3) is 5.91 Å². The second-order valence-electron chi connectivity index (χ2n) is 6.89. The van der Waals surface area contributed by atoms with Gasteiger partial charge in [0.2, 0.25) is 0 Å². The van der Waals surface area contributed by atoms with Crippen LogP contribution in [0.2, 0.25) is 0 Å². The van der Waals surface area contributed by atoms with Crippen molar-refractivity contribution in [3.63, 3.8) is 0 Å². The van der Waals surface area contributed by atoms with Crippen LogP contribution in [0.3, 0.4) is 0 Å². The molecular weight excluding hydrogens is 356 g/mol. The number of nitrogens with one attached hydrogen (secondary N) is 1. The van der Waals surface area contributed by atoms with E-state index in [2.05, 4.69) is 4.98 Å². The lowest BCUT2D eigenvalue weighted by Gasteiger charge is -2.21. The number of esters is 1. The van der Waals surface area contributed by atoms with Crippen LogP contribution in [0.4, 0.5) is 0 Å². The topological polar surface area (TPSA) is 71.6 Å². The minimum atomic E-state index is -0.506. The number of carbonyl (C=O) groups is 2. The standard InChI is InChI=1S/C22H22N2O4/c1-27-22(26)20-8-5-11-24(20)21(25)19-12-16-9-10-17(13-18(16)23-19)28-14-15-6-3-2-4-7-15/h2-4,6-7,9-10,12-13,20,23H,5,8,11,14H2,1H3. The minimum absolute atomic E-state index is 0.184. The third kappa shape index (κ3) is 3.58. The number of aromatic amines is 1. The lowest BCUT2D eigenvalue weighted by Crippen LogP contribution is -2.41. The number of hydrogen-bond acceptors (Lipinski definition) is 4. The maximum Gasteiger partial charge on any atom is 0.328 e. The predicted octanol–water partition coefficient (Wildman–Crippen LogP) is 3.52. The molecule has 1 aliphatic heterocycles. The molecule has 1 unspecified atom stereocenters. The van der Waals surface area contributed by atoms with E-state index in [1.54, 1.807) is 4.90 Å². The molecule has 6 heteroatoms. The van der Waals surface area contributed by atoms with Crippen LogP contribution in [-0.4, -0.2) is 41.5 Å². The molecule has 1 saturated heterocycles. The summed E-state index contributed by atoms with van der Waals surface area (Å²) in [5.74, 6) is 0.181. The van der Waals surface area contributed by atoms with Gasteiger partial charge in [0, 0.05) is 23.5 Å². The summed E-state index contributed by atoms with van der Waals surface area (Å²) in [6, 6.07) is 16.9. The second kappa shape index (κ2) is 7.76. The monoisotopic (exact) mass is 378 g/mol. The number of fused-ring (bicyclic) bond motifs is 1. The third-order valence-corrected chi connectivity index (χ3v) is 5.06. The third-order valence-electron chi connectivity index (χ3n) is 5.06. The molecular formula is C22H22N2O4. The smallest absolute Gasteiger partial charge is 0.328 e. The van der Waals surface area contributed by atoms with Crippen molar-refractivity contribution in [3.05, 3.63) is 65.9 Å². The van der Waals surface area contributed by atoms with Gasteiger partial charge in [-0.2, -0.15) is 0 Å². The first-order valence-corrected chi connectivity index (χ1v) is 9.34. The average molecular weight is 378 g/mol. The number of methoxy groups -OCH3 is 1. The fraction of sp³-hybridized carbons (Fsp3) is 0.273. The highest BCUT2D eigenvalue weighted by Crippen LogP contribution is 2.25. The quantitative estimate of drug-likeness (QED) is 0.690. The van der Waals surface area contributed by atoms with Crippen LogP contribution in [0.15, 0.2) is 54.6 Å². The molecule has 1 aliphatic rings. The number of amides is 1. The van der Waals surface area contributed by atoms with Crippen molar-refractivity contribution in [1.29, 1.82) is 0 Å². The molecule has 1 N–H and O–H groups in total. The molecule has 6 nitrogen and oxygen atoms in total.